The predicted molar refractivity (Wildman–Crippen MR) is 78.1 cm³/mol. The average Bonchev–Trinajstić information content (AvgIpc) is 2.51. The SMILES string of the molecule is C[C@H](Cn1cnc2cnccc2c1=O)Oc1cccnc1. The maximum atomic E-state index is 12.3. The van der Waals surface area contributed by atoms with Gasteiger partial charge in [-0.15, -0.1) is 0 Å². The van der Waals surface area contributed by atoms with Gasteiger partial charge < -0.3 is 4.74 Å². The maximum absolute atomic E-state index is 12.3. The topological polar surface area (TPSA) is 69.9 Å². The van der Waals surface area contributed by atoms with Crippen molar-refractivity contribution >= 4 is 10.9 Å². The molecule has 0 saturated carbocycles. The van der Waals surface area contributed by atoms with Gasteiger partial charge >= 0.3 is 0 Å². The zero-order valence-electron chi connectivity index (χ0n) is 11.5. The Morgan fingerprint density at radius 2 is 2.10 bits per heavy atom. The van der Waals surface area contributed by atoms with Gasteiger partial charge in [-0.2, -0.15) is 0 Å². The highest BCUT2D eigenvalue weighted by molar-refractivity contribution is 5.75. The Balaban J connectivity index is 1.82. The number of pyridine rings is 2. The molecule has 6 heteroatoms. The third-order valence-corrected chi connectivity index (χ3v) is 3.05. The molecule has 6 nitrogen and oxygen atoms in total. The third kappa shape index (κ3) is 2.89. The molecule has 3 aromatic heterocycles. The van der Waals surface area contributed by atoms with E-state index in [0.717, 1.165) is 0 Å². The van der Waals surface area contributed by atoms with Gasteiger partial charge in [0.15, 0.2) is 0 Å². The van der Waals surface area contributed by atoms with Gasteiger partial charge in [0.05, 0.1) is 36.2 Å². The molecule has 3 aromatic rings. The number of hydrogen-bond acceptors (Lipinski definition) is 5. The van der Waals surface area contributed by atoms with Crippen molar-refractivity contribution < 1.29 is 4.74 Å². The molecule has 0 fully saturated rings. The molecule has 0 N–H and O–H groups in total. The Hall–Kier alpha value is -2.76. The van der Waals surface area contributed by atoms with Crippen molar-refractivity contribution in [2.45, 2.75) is 19.6 Å². The average molecular weight is 282 g/mol. The van der Waals surface area contributed by atoms with Crippen LogP contribution in [0.3, 0.4) is 0 Å². The quantitative estimate of drug-likeness (QED) is 0.727. The fraction of sp³-hybridized carbons (Fsp3) is 0.200. The monoisotopic (exact) mass is 282 g/mol. The van der Waals surface area contributed by atoms with E-state index in [9.17, 15) is 4.79 Å². The first-order valence-electron chi connectivity index (χ1n) is 6.60. The van der Waals surface area contributed by atoms with E-state index in [0.29, 0.717) is 23.2 Å². The second-order valence-corrected chi connectivity index (χ2v) is 4.71. The van der Waals surface area contributed by atoms with E-state index >= 15 is 0 Å². The summed E-state index contributed by atoms with van der Waals surface area (Å²) in [4.78, 5) is 24.5. The van der Waals surface area contributed by atoms with Crippen LogP contribution in [0.1, 0.15) is 6.92 Å². The minimum Gasteiger partial charge on any atom is -0.487 e. The molecule has 0 aliphatic rings. The van der Waals surface area contributed by atoms with Gasteiger partial charge in [-0.1, -0.05) is 0 Å². The van der Waals surface area contributed by atoms with Crippen molar-refractivity contribution in [1.82, 2.24) is 19.5 Å². The lowest BCUT2D eigenvalue weighted by Crippen LogP contribution is -2.28. The second-order valence-electron chi connectivity index (χ2n) is 4.71. The van der Waals surface area contributed by atoms with Gasteiger partial charge in [0.1, 0.15) is 11.9 Å². The fourth-order valence-electron chi connectivity index (χ4n) is 2.10. The molecule has 3 rings (SSSR count). The van der Waals surface area contributed by atoms with Gasteiger partial charge in [0.2, 0.25) is 0 Å². The third-order valence-electron chi connectivity index (χ3n) is 3.05. The molecule has 0 saturated heterocycles. The molecule has 0 spiro atoms. The number of aromatic nitrogens is 4. The Morgan fingerprint density at radius 3 is 2.90 bits per heavy atom. The van der Waals surface area contributed by atoms with Crippen LogP contribution >= 0.6 is 0 Å². The Labute approximate surface area is 121 Å². The van der Waals surface area contributed by atoms with E-state index in [1.165, 1.54) is 6.33 Å². The summed E-state index contributed by atoms with van der Waals surface area (Å²) in [6, 6.07) is 5.31. The minimum atomic E-state index is -0.173. The normalized spacial score (nSPS) is 12.2. The standard InChI is InChI=1S/C15H14N4O2/c1-11(21-12-3-2-5-16-7-12)9-19-10-18-14-8-17-6-4-13(14)15(19)20/h2-8,10-11H,9H2,1H3/t11-/m1/s1. The fourth-order valence-corrected chi connectivity index (χ4v) is 2.10. The van der Waals surface area contributed by atoms with Crippen molar-refractivity contribution in [3.63, 3.8) is 0 Å². The first-order valence-corrected chi connectivity index (χ1v) is 6.60. The van der Waals surface area contributed by atoms with E-state index in [4.69, 9.17) is 4.74 Å². The molecule has 0 aliphatic heterocycles. The Kier molecular flexibility index (Phi) is 3.59. The summed E-state index contributed by atoms with van der Waals surface area (Å²) >= 11 is 0. The van der Waals surface area contributed by atoms with Gasteiger partial charge in [0.25, 0.3) is 5.56 Å². The second kappa shape index (κ2) is 5.70. The highest BCUT2D eigenvalue weighted by atomic mass is 16.5. The highest BCUT2D eigenvalue weighted by Crippen LogP contribution is 2.10. The van der Waals surface area contributed by atoms with Crippen molar-refractivity contribution in [2.24, 2.45) is 0 Å². The summed E-state index contributed by atoms with van der Waals surface area (Å²) in [6.45, 7) is 2.31. The van der Waals surface area contributed by atoms with E-state index < -0.39 is 0 Å². The largest absolute Gasteiger partial charge is 0.487 e. The van der Waals surface area contributed by atoms with Crippen LogP contribution in [0.4, 0.5) is 0 Å². The van der Waals surface area contributed by atoms with Crippen molar-refractivity contribution in [3.8, 4) is 5.75 Å². The Morgan fingerprint density at radius 1 is 1.24 bits per heavy atom. The molecule has 106 valence electrons. The molecule has 0 radical (unpaired) electrons. The molecule has 0 bridgehead atoms. The minimum absolute atomic E-state index is 0.0935. The van der Waals surface area contributed by atoms with Crippen LogP contribution in [0.5, 0.6) is 5.75 Å². The molecule has 0 aromatic carbocycles. The van der Waals surface area contributed by atoms with Crippen molar-refractivity contribution in [2.75, 3.05) is 0 Å². The van der Waals surface area contributed by atoms with Crippen LogP contribution in [0, 0.1) is 0 Å². The molecular formula is C15H14N4O2. The summed E-state index contributed by atoms with van der Waals surface area (Å²) in [5.74, 6) is 0.677. The first-order chi connectivity index (χ1) is 10.2. The lowest BCUT2D eigenvalue weighted by Gasteiger charge is -2.15. The van der Waals surface area contributed by atoms with Crippen LogP contribution in [-0.4, -0.2) is 25.6 Å². The molecule has 0 amide bonds. The summed E-state index contributed by atoms with van der Waals surface area (Å²) in [5.41, 5.74) is 0.503. The van der Waals surface area contributed by atoms with Crippen LogP contribution < -0.4 is 10.3 Å². The maximum Gasteiger partial charge on any atom is 0.261 e. The molecule has 21 heavy (non-hydrogen) atoms. The number of rotatable bonds is 4. The van der Waals surface area contributed by atoms with Crippen LogP contribution in [-0.2, 0) is 6.54 Å². The molecule has 3 heterocycles. The molecule has 0 unspecified atom stereocenters. The van der Waals surface area contributed by atoms with Gasteiger partial charge in [-0.3, -0.25) is 19.3 Å². The van der Waals surface area contributed by atoms with Crippen LogP contribution in [0.15, 0.2) is 54.1 Å². The van der Waals surface area contributed by atoms with Gasteiger partial charge in [0, 0.05) is 12.4 Å². The number of hydrogen-bond donors (Lipinski definition) is 0. The van der Waals surface area contributed by atoms with E-state index in [1.54, 1.807) is 41.5 Å². The van der Waals surface area contributed by atoms with Crippen molar-refractivity contribution in [1.29, 1.82) is 0 Å². The predicted octanol–water partition coefficient (Wildman–Crippen LogP) is 1.65. The molecule has 1 atom stereocenters. The molecule has 0 aliphatic carbocycles. The van der Waals surface area contributed by atoms with Gasteiger partial charge in [-0.05, 0) is 25.1 Å². The van der Waals surface area contributed by atoms with E-state index in [1.807, 2.05) is 13.0 Å². The summed E-state index contributed by atoms with van der Waals surface area (Å²) in [6.07, 6.45) is 7.85. The van der Waals surface area contributed by atoms with Gasteiger partial charge in [-0.25, -0.2) is 4.98 Å². The summed E-state index contributed by atoms with van der Waals surface area (Å²) in [5, 5.41) is 0.557. The van der Waals surface area contributed by atoms with E-state index in [2.05, 4.69) is 15.0 Å². The summed E-state index contributed by atoms with van der Waals surface area (Å²) in [7, 11) is 0. The zero-order valence-corrected chi connectivity index (χ0v) is 11.5. The number of ether oxygens (including phenoxy) is 1. The lowest BCUT2D eigenvalue weighted by molar-refractivity contribution is 0.197. The number of fused-ring (bicyclic) bond motifs is 1. The van der Waals surface area contributed by atoms with E-state index in [-0.39, 0.29) is 11.7 Å². The zero-order chi connectivity index (χ0) is 14.7. The molecular weight excluding hydrogens is 268 g/mol. The highest BCUT2D eigenvalue weighted by Gasteiger charge is 2.09. The van der Waals surface area contributed by atoms with Crippen molar-refractivity contribution in [3.05, 3.63) is 59.7 Å². The first kappa shape index (κ1) is 13.2. The van der Waals surface area contributed by atoms with Crippen LogP contribution in [0.25, 0.3) is 10.9 Å². The lowest BCUT2D eigenvalue weighted by atomic mass is 10.3. The summed E-state index contributed by atoms with van der Waals surface area (Å²) < 4.78 is 7.27. The Bertz CT molecular complexity index is 801. The smallest absolute Gasteiger partial charge is 0.261 e. The van der Waals surface area contributed by atoms with Crippen LogP contribution in [0.2, 0.25) is 0 Å². The number of nitrogens with zero attached hydrogens (tertiary/aromatic N) is 4.